The van der Waals surface area contributed by atoms with E-state index in [0.29, 0.717) is 6.54 Å². The van der Waals surface area contributed by atoms with E-state index in [0.717, 1.165) is 17.7 Å². The maximum atomic E-state index is 11.9. The molecule has 2 aromatic carbocycles. The van der Waals surface area contributed by atoms with Gasteiger partial charge in [-0.2, -0.15) is 0 Å². The molecule has 0 bridgehead atoms. The maximum absolute atomic E-state index is 11.9. The van der Waals surface area contributed by atoms with Crippen LogP contribution in [0, 0.1) is 0 Å². The summed E-state index contributed by atoms with van der Waals surface area (Å²) in [7, 11) is 0. The normalized spacial score (nSPS) is 10.1. The Labute approximate surface area is 125 Å². The molecule has 3 heteroatoms. The van der Waals surface area contributed by atoms with E-state index in [1.807, 2.05) is 42.5 Å². The van der Waals surface area contributed by atoms with Crippen molar-refractivity contribution in [3.63, 3.8) is 0 Å². The second kappa shape index (κ2) is 8.02. The van der Waals surface area contributed by atoms with Crippen molar-refractivity contribution in [3.05, 3.63) is 78.4 Å². The summed E-state index contributed by atoms with van der Waals surface area (Å²) < 4.78 is 0. The molecule has 2 rings (SSSR count). The number of para-hydroxylation sites is 1. The van der Waals surface area contributed by atoms with Gasteiger partial charge in [0.05, 0.1) is 6.54 Å². The average molecular weight is 280 g/mol. The van der Waals surface area contributed by atoms with Crippen LogP contribution in [0.1, 0.15) is 11.1 Å². The molecule has 21 heavy (non-hydrogen) atoms. The molecule has 0 atom stereocenters. The Hall–Kier alpha value is -2.39. The van der Waals surface area contributed by atoms with Crippen LogP contribution in [0.4, 0.5) is 5.69 Å². The van der Waals surface area contributed by atoms with Gasteiger partial charge in [-0.3, -0.25) is 4.79 Å². The van der Waals surface area contributed by atoms with Crippen molar-refractivity contribution in [2.24, 2.45) is 0 Å². The highest BCUT2D eigenvalue weighted by molar-refractivity contribution is 5.93. The number of nitrogens with one attached hydrogen (secondary N) is 2. The van der Waals surface area contributed by atoms with Gasteiger partial charge in [-0.25, -0.2) is 0 Å². The highest BCUT2D eigenvalue weighted by Gasteiger charge is 2.06. The van der Waals surface area contributed by atoms with Crippen molar-refractivity contribution in [1.82, 2.24) is 5.32 Å². The Morgan fingerprint density at radius 2 is 1.76 bits per heavy atom. The van der Waals surface area contributed by atoms with Gasteiger partial charge in [0.2, 0.25) is 5.91 Å². The molecule has 0 aromatic heterocycles. The summed E-state index contributed by atoms with van der Waals surface area (Å²) in [6, 6.07) is 18.1. The molecule has 0 fully saturated rings. The predicted octanol–water partition coefficient (Wildman–Crippen LogP) is 2.99. The number of rotatable bonds is 7. The van der Waals surface area contributed by atoms with Crippen molar-refractivity contribution in [2.45, 2.75) is 6.42 Å². The first-order chi connectivity index (χ1) is 10.3. The second-order valence-corrected chi connectivity index (χ2v) is 4.79. The summed E-state index contributed by atoms with van der Waals surface area (Å²) >= 11 is 0. The maximum Gasteiger partial charge on any atom is 0.238 e. The molecule has 0 heterocycles. The van der Waals surface area contributed by atoms with Gasteiger partial charge >= 0.3 is 0 Å². The topological polar surface area (TPSA) is 41.1 Å². The number of hydrogen-bond acceptors (Lipinski definition) is 2. The summed E-state index contributed by atoms with van der Waals surface area (Å²) in [5.41, 5.74) is 3.21. The SMILES string of the molecule is C=CCNCC(=O)Nc1ccccc1Cc1ccccc1. The van der Waals surface area contributed by atoms with Crippen LogP contribution in [0.15, 0.2) is 67.3 Å². The fraction of sp³-hybridized carbons (Fsp3) is 0.167. The van der Waals surface area contributed by atoms with Crippen LogP contribution in [0.3, 0.4) is 0 Å². The Bertz CT molecular complexity index is 593. The van der Waals surface area contributed by atoms with Gasteiger partial charge < -0.3 is 10.6 Å². The van der Waals surface area contributed by atoms with Gasteiger partial charge in [-0.1, -0.05) is 54.6 Å². The van der Waals surface area contributed by atoms with E-state index >= 15 is 0 Å². The summed E-state index contributed by atoms with van der Waals surface area (Å²) in [4.78, 5) is 11.9. The minimum atomic E-state index is -0.0441. The van der Waals surface area contributed by atoms with E-state index in [-0.39, 0.29) is 12.5 Å². The number of carbonyl (C=O) groups is 1. The lowest BCUT2D eigenvalue weighted by Gasteiger charge is -2.11. The minimum absolute atomic E-state index is 0.0441. The highest BCUT2D eigenvalue weighted by Crippen LogP contribution is 2.18. The smallest absolute Gasteiger partial charge is 0.238 e. The van der Waals surface area contributed by atoms with E-state index in [1.54, 1.807) is 6.08 Å². The molecule has 0 unspecified atom stereocenters. The molecule has 3 nitrogen and oxygen atoms in total. The summed E-state index contributed by atoms with van der Waals surface area (Å²) in [5, 5.41) is 5.95. The van der Waals surface area contributed by atoms with Gasteiger partial charge in [0.25, 0.3) is 0 Å². The Balaban J connectivity index is 2.03. The molecule has 0 spiro atoms. The van der Waals surface area contributed by atoms with E-state index in [9.17, 15) is 4.79 Å². The molecule has 108 valence electrons. The minimum Gasteiger partial charge on any atom is -0.325 e. The first-order valence-electron chi connectivity index (χ1n) is 7.03. The first kappa shape index (κ1) is 15.0. The van der Waals surface area contributed by atoms with Crippen LogP contribution in [-0.2, 0) is 11.2 Å². The van der Waals surface area contributed by atoms with E-state index in [1.165, 1.54) is 5.56 Å². The summed E-state index contributed by atoms with van der Waals surface area (Å²) in [6.07, 6.45) is 2.54. The van der Waals surface area contributed by atoms with Gasteiger partial charge in [0.1, 0.15) is 0 Å². The zero-order valence-electron chi connectivity index (χ0n) is 12.0. The molecular formula is C18H20N2O. The van der Waals surface area contributed by atoms with Crippen LogP contribution in [0.2, 0.25) is 0 Å². The third kappa shape index (κ3) is 4.89. The van der Waals surface area contributed by atoms with E-state index < -0.39 is 0 Å². The van der Waals surface area contributed by atoms with Gasteiger partial charge in [-0.15, -0.1) is 6.58 Å². The second-order valence-electron chi connectivity index (χ2n) is 4.79. The summed E-state index contributed by atoms with van der Waals surface area (Å²) in [5.74, 6) is -0.0441. The van der Waals surface area contributed by atoms with E-state index in [4.69, 9.17) is 0 Å². The quantitative estimate of drug-likeness (QED) is 0.604. The van der Waals surface area contributed by atoms with Gasteiger partial charge in [0, 0.05) is 12.2 Å². The molecule has 0 aliphatic heterocycles. The lowest BCUT2D eigenvalue weighted by atomic mass is 10.0. The molecule has 2 N–H and O–H groups in total. The zero-order chi connectivity index (χ0) is 14.9. The van der Waals surface area contributed by atoms with Crippen molar-refractivity contribution in [2.75, 3.05) is 18.4 Å². The highest BCUT2D eigenvalue weighted by atomic mass is 16.1. The zero-order valence-corrected chi connectivity index (χ0v) is 12.0. The third-order valence-corrected chi connectivity index (χ3v) is 3.10. The van der Waals surface area contributed by atoms with Crippen molar-refractivity contribution < 1.29 is 4.79 Å². The molecule has 2 aromatic rings. The average Bonchev–Trinajstić information content (AvgIpc) is 2.51. The fourth-order valence-electron chi connectivity index (χ4n) is 2.09. The van der Waals surface area contributed by atoms with Crippen LogP contribution in [-0.4, -0.2) is 19.0 Å². The molecule has 0 aliphatic carbocycles. The number of anilines is 1. The molecular weight excluding hydrogens is 260 g/mol. The lowest BCUT2D eigenvalue weighted by molar-refractivity contribution is -0.115. The van der Waals surface area contributed by atoms with Crippen molar-refractivity contribution in [1.29, 1.82) is 0 Å². The lowest BCUT2D eigenvalue weighted by Crippen LogP contribution is -2.28. The predicted molar refractivity (Wildman–Crippen MR) is 87.4 cm³/mol. The standard InChI is InChI=1S/C18H20N2O/c1-2-12-19-14-18(21)20-17-11-7-6-10-16(17)13-15-8-4-3-5-9-15/h2-11,19H,1,12-14H2,(H,20,21). The first-order valence-corrected chi connectivity index (χ1v) is 7.03. The third-order valence-electron chi connectivity index (χ3n) is 3.10. The molecule has 0 saturated heterocycles. The largest absolute Gasteiger partial charge is 0.325 e. The number of amides is 1. The van der Waals surface area contributed by atoms with Crippen LogP contribution in [0.5, 0.6) is 0 Å². The molecule has 0 aliphatic rings. The van der Waals surface area contributed by atoms with Crippen molar-refractivity contribution in [3.8, 4) is 0 Å². The Kier molecular flexibility index (Phi) is 5.73. The fourth-order valence-corrected chi connectivity index (χ4v) is 2.09. The van der Waals surface area contributed by atoms with Crippen LogP contribution in [0.25, 0.3) is 0 Å². The van der Waals surface area contributed by atoms with Crippen LogP contribution >= 0.6 is 0 Å². The number of hydrogen-bond donors (Lipinski definition) is 2. The number of benzene rings is 2. The number of carbonyl (C=O) groups excluding carboxylic acids is 1. The van der Waals surface area contributed by atoms with Gasteiger partial charge in [0.15, 0.2) is 0 Å². The Morgan fingerprint density at radius 1 is 1.05 bits per heavy atom. The van der Waals surface area contributed by atoms with Crippen LogP contribution < -0.4 is 10.6 Å². The summed E-state index contributed by atoms with van der Waals surface area (Å²) in [6.45, 7) is 4.52. The van der Waals surface area contributed by atoms with Gasteiger partial charge in [-0.05, 0) is 23.6 Å². The van der Waals surface area contributed by atoms with E-state index in [2.05, 4.69) is 29.3 Å². The molecule has 0 saturated carbocycles. The Morgan fingerprint density at radius 3 is 2.52 bits per heavy atom. The van der Waals surface area contributed by atoms with Crippen molar-refractivity contribution >= 4 is 11.6 Å². The molecule has 1 amide bonds. The molecule has 0 radical (unpaired) electrons. The monoisotopic (exact) mass is 280 g/mol.